The molecule has 0 unspecified atom stereocenters. The van der Waals surface area contributed by atoms with E-state index < -0.39 is 5.97 Å². The fourth-order valence-corrected chi connectivity index (χ4v) is 2.41. The molecule has 0 amide bonds. The van der Waals surface area contributed by atoms with Crippen molar-refractivity contribution in [3.63, 3.8) is 0 Å². The zero-order chi connectivity index (χ0) is 12.0. The van der Waals surface area contributed by atoms with E-state index in [0.29, 0.717) is 13.2 Å². The summed E-state index contributed by atoms with van der Waals surface area (Å²) in [7, 11) is 2.04. The van der Waals surface area contributed by atoms with Gasteiger partial charge in [0.1, 0.15) is 0 Å². The topological polar surface area (TPSA) is 67.6 Å². The largest absolute Gasteiger partial charge is 0.476 e. The molecule has 17 heavy (non-hydrogen) atoms. The van der Waals surface area contributed by atoms with Crippen LogP contribution in [0.5, 0.6) is 0 Å². The van der Waals surface area contributed by atoms with Gasteiger partial charge in [0, 0.05) is 18.7 Å². The highest BCUT2D eigenvalue weighted by Crippen LogP contribution is 2.27. The number of rotatable bonds is 2. The quantitative estimate of drug-likeness (QED) is 0.792. The van der Waals surface area contributed by atoms with E-state index in [4.69, 9.17) is 4.74 Å². The average Bonchev–Trinajstić information content (AvgIpc) is 2.55. The van der Waals surface area contributed by atoms with Crippen molar-refractivity contribution in [1.29, 1.82) is 0 Å². The van der Waals surface area contributed by atoms with Crippen LogP contribution in [0.1, 0.15) is 27.8 Å². The predicted molar refractivity (Wildman–Crippen MR) is 59.1 cm³/mol. The maximum Gasteiger partial charge on any atom is 0.356 e. The minimum atomic E-state index is -0.926. The summed E-state index contributed by atoms with van der Waals surface area (Å²) in [5.41, 5.74) is 2.17. The Kier molecular flexibility index (Phi) is 2.41. The van der Waals surface area contributed by atoms with E-state index in [2.05, 4.69) is 10.00 Å². The minimum Gasteiger partial charge on any atom is -0.476 e. The Bertz CT molecular complexity index is 465. The van der Waals surface area contributed by atoms with Crippen LogP contribution < -0.4 is 0 Å². The van der Waals surface area contributed by atoms with Crippen molar-refractivity contribution in [3.8, 4) is 0 Å². The van der Waals surface area contributed by atoms with E-state index in [9.17, 15) is 9.90 Å². The van der Waals surface area contributed by atoms with Crippen LogP contribution in [-0.4, -0.2) is 52.6 Å². The number of hydrogen-bond donors (Lipinski definition) is 1. The number of ether oxygens (including phenoxy) is 1. The van der Waals surface area contributed by atoms with Crippen molar-refractivity contribution >= 4 is 5.97 Å². The summed E-state index contributed by atoms with van der Waals surface area (Å²) in [6, 6.07) is 0.211. The van der Waals surface area contributed by atoms with Gasteiger partial charge < -0.3 is 14.7 Å². The van der Waals surface area contributed by atoms with E-state index in [1.54, 1.807) is 0 Å². The first-order chi connectivity index (χ1) is 8.16. The van der Waals surface area contributed by atoms with Gasteiger partial charge >= 0.3 is 5.97 Å². The zero-order valence-corrected chi connectivity index (χ0v) is 9.72. The number of fused-ring (bicyclic) bond motifs is 1. The maximum atomic E-state index is 11.2. The van der Waals surface area contributed by atoms with E-state index in [1.807, 2.05) is 11.7 Å². The molecule has 0 aliphatic carbocycles. The van der Waals surface area contributed by atoms with Gasteiger partial charge in [0.05, 0.1) is 24.9 Å². The number of carboxylic acids is 1. The van der Waals surface area contributed by atoms with E-state index in [0.717, 1.165) is 30.8 Å². The third-order valence-corrected chi connectivity index (χ3v) is 3.45. The number of nitrogens with zero attached hydrogens (tertiary/aromatic N) is 3. The molecule has 6 heteroatoms. The fraction of sp³-hybridized carbons (Fsp3) is 0.636. The highest BCUT2D eigenvalue weighted by molar-refractivity contribution is 5.87. The lowest BCUT2D eigenvalue weighted by Gasteiger charge is -2.30. The highest BCUT2D eigenvalue weighted by atomic mass is 16.5. The molecule has 1 saturated heterocycles. The molecule has 2 aliphatic heterocycles. The molecule has 0 bridgehead atoms. The predicted octanol–water partition coefficient (Wildman–Crippen LogP) is 0.140. The average molecular weight is 237 g/mol. The maximum absolute atomic E-state index is 11.2. The second-order valence-electron chi connectivity index (χ2n) is 4.70. The molecule has 1 aromatic heterocycles. The van der Waals surface area contributed by atoms with Crippen LogP contribution in [0.2, 0.25) is 0 Å². The molecule has 0 atom stereocenters. The molecule has 1 aromatic rings. The first-order valence-electron chi connectivity index (χ1n) is 5.76. The molecular weight excluding hydrogens is 222 g/mol. The first kappa shape index (κ1) is 10.7. The number of hydrogen-bond acceptors (Lipinski definition) is 4. The molecule has 1 fully saturated rings. The standard InChI is InChI=1S/C11H15N3O3/c1-13-3-2-8-9(4-13)14(7-5-17-6-7)12-10(8)11(15)16/h7H,2-6H2,1H3,(H,15,16). The van der Waals surface area contributed by atoms with Crippen LogP contribution in [0.4, 0.5) is 0 Å². The SMILES string of the molecule is CN1CCc2c(C(=O)O)nn(C3COC3)c2C1. The summed E-state index contributed by atoms with van der Waals surface area (Å²) < 4.78 is 7.01. The summed E-state index contributed by atoms with van der Waals surface area (Å²) >= 11 is 0. The normalized spacial score (nSPS) is 21.0. The van der Waals surface area contributed by atoms with Gasteiger partial charge in [0.25, 0.3) is 0 Å². The van der Waals surface area contributed by atoms with Gasteiger partial charge in [-0.25, -0.2) is 4.79 Å². The number of aromatic nitrogens is 2. The smallest absolute Gasteiger partial charge is 0.356 e. The summed E-state index contributed by atoms with van der Waals surface area (Å²) in [5.74, 6) is -0.926. The van der Waals surface area contributed by atoms with Crippen molar-refractivity contribution in [2.24, 2.45) is 0 Å². The molecule has 2 aliphatic rings. The lowest BCUT2D eigenvalue weighted by Crippen LogP contribution is -2.35. The molecule has 6 nitrogen and oxygen atoms in total. The fourth-order valence-electron chi connectivity index (χ4n) is 2.41. The van der Waals surface area contributed by atoms with E-state index in [-0.39, 0.29) is 11.7 Å². The third kappa shape index (κ3) is 1.64. The van der Waals surface area contributed by atoms with Gasteiger partial charge in [-0.05, 0) is 13.5 Å². The summed E-state index contributed by atoms with van der Waals surface area (Å²) in [4.78, 5) is 13.4. The van der Waals surface area contributed by atoms with E-state index >= 15 is 0 Å². The molecule has 3 rings (SSSR count). The van der Waals surface area contributed by atoms with Crippen molar-refractivity contribution in [2.45, 2.75) is 19.0 Å². The zero-order valence-electron chi connectivity index (χ0n) is 9.72. The van der Waals surface area contributed by atoms with Crippen LogP contribution >= 0.6 is 0 Å². The van der Waals surface area contributed by atoms with Gasteiger partial charge in [-0.2, -0.15) is 5.10 Å². The molecule has 1 N–H and O–H groups in total. The highest BCUT2D eigenvalue weighted by Gasteiger charge is 2.31. The number of carboxylic acid groups (broad SMARTS) is 1. The molecular formula is C11H15N3O3. The van der Waals surface area contributed by atoms with Crippen molar-refractivity contribution in [2.75, 3.05) is 26.8 Å². The monoisotopic (exact) mass is 237 g/mol. The second-order valence-corrected chi connectivity index (χ2v) is 4.70. The lowest BCUT2D eigenvalue weighted by molar-refractivity contribution is -0.0308. The molecule has 3 heterocycles. The van der Waals surface area contributed by atoms with Crippen molar-refractivity contribution < 1.29 is 14.6 Å². The van der Waals surface area contributed by atoms with Crippen LogP contribution in [0.15, 0.2) is 0 Å². The van der Waals surface area contributed by atoms with Gasteiger partial charge in [-0.3, -0.25) is 4.68 Å². The molecule has 0 saturated carbocycles. The van der Waals surface area contributed by atoms with Crippen molar-refractivity contribution in [1.82, 2.24) is 14.7 Å². The second kappa shape index (κ2) is 3.82. The molecule has 0 aromatic carbocycles. The summed E-state index contributed by atoms with van der Waals surface area (Å²) in [6.45, 7) is 2.93. The Morgan fingerprint density at radius 2 is 2.29 bits per heavy atom. The van der Waals surface area contributed by atoms with Gasteiger partial charge in [-0.15, -0.1) is 0 Å². The van der Waals surface area contributed by atoms with Gasteiger partial charge in [0.15, 0.2) is 5.69 Å². The van der Waals surface area contributed by atoms with Crippen LogP contribution in [0.3, 0.4) is 0 Å². The Morgan fingerprint density at radius 1 is 1.53 bits per heavy atom. The lowest BCUT2D eigenvalue weighted by atomic mass is 10.0. The van der Waals surface area contributed by atoms with E-state index in [1.165, 1.54) is 0 Å². The van der Waals surface area contributed by atoms with Crippen LogP contribution in [0, 0.1) is 0 Å². The number of aromatic carboxylic acids is 1. The molecule has 0 radical (unpaired) electrons. The first-order valence-corrected chi connectivity index (χ1v) is 5.76. The summed E-state index contributed by atoms with van der Waals surface area (Å²) in [6.07, 6.45) is 0.765. The third-order valence-electron chi connectivity index (χ3n) is 3.45. The Labute approximate surface area is 98.8 Å². The number of carbonyl (C=O) groups is 1. The molecule has 0 spiro atoms. The van der Waals surface area contributed by atoms with Crippen LogP contribution in [-0.2, 0) is 17.7 Å². The van der Waals surface area contributed by atoms with Gasteiger partial charge in [-0.1, -0.05) is 0 Å². The summed E-state index contributed by atoms with van der Waals surface area (Å²) in [5, 5.41) is 13.4. The van der Waals surface area contributed by atoms with Crippen LogP contribution in [0.25, 0.3) is 0 Å². The van der Waals surface area contributed by atoms with Crippen molar-refractivity contribution in [3.05, 3.63) is 17.0 Å². The number of likely N-dealkylation sites (N-methyl/N-ethyl adjacent to an activating group) is 1. The molecule has 92 valence electrons. The minimum absolute atomic E-state index is 0.211. The Morgan fingerprint density at radius 3 is 2.88 bits per heavy atom. The van der Waals surface area contributed by atoms with Gasteiger partial charge in [0.2, 0.25) is 0 Å². The Balaban J connectivity index is 2.06. The Hall–Kier alpha value is -1.40.